The van der Waals surface area contributed by atoms with Gasteiger partial charge in [0, 0.05) is 20.1 Å². The summed E-state index contributed by atoms with van der Waals surface area (Å²) in [5.41, 5.74) is 1.00. The smallest absolute Gasteiger partial charge is 0.193 e. The highest BCUT2D eigenvalue weighted by Crippen LogP contribution is 2.04. The highest BCUT2D eigenvalue weighted by Gasteiger charge is 2.04. The number of guanidine groups is 1. The van der Waals surface area contributed by atoms with E-state index in [2.05, 4.69) is 21.8 Å². The van der Waals surface area contributed by atoms with E-state index in [1.54, 1.807) is 12.1 Å². The van der Waals surface area contributed by atoms with Crippen molar-refractivity contribution < 1.29 is 4.39 Å². The molecule has 1 aromatic carbocycles. The summed E-state index contributed by atoms with van der Waals surface area (Å²) in [7, 11) is 2.02. The summed E-state index contributed by atoms with van der Waals surface area (Å²) in [6.07, 6.45) is 3.99. The Morgan fingerprint density at radius 1 is 1.38 bits per heavy atom. The average Bonchev–Trinajstić information content (AvgIpc) is 2.45. The minimum atomic E-state index is -0.217. The molecule has 0 spiro atoms. The Kier molecular flexibility index (Phi) is 10.9. The van der Waals surface area contributed by atoms with Crippen molar-refractivity contribution in [3.63, 3.8) is 0 Å². The van der Waals surface area contributed by atoms with Crippen LogP contribution in [0.5, 0.6) is 0 Å². The molecule has 0 heterocycles. The molecule has 0 aliphatic heterocycles. The van der Waals surface area contributed by atoms with E-state index >= 15 is 0 Å². The van der Waals surface area contributed by atoms with Crippen molar-refractivity contribution in [2.75, 3.05) is 20.1 Å². The molecular weight excluding hydrogens is 380 g/mol. The molecule has 0 aromatic heterocycles. The van der Waals surface area contributed by atoms with E-state index in [0.717, 1.165) is 37.5 Å². The highest BCUT2D eigenvalue weighted by atomic mass is 127. The fourth-order valence-corrected chi connectivity index (χ4v) is 1.80. The zero-order valence-corrected chi connectivity index (χ0v) is 15.1. The summed E-state index contributed by atoms with van der Waals surface area (Å²) in [5.74, 6) is 0.659. The van der Waals surface area contributed by atoms with Gasteiger partial charge in [-0.3, -0.25) is 0 Å². The van der Waals surface area contributed by atoms with Gasteiger partial charge >= 0.3 is 0 Å². The standard InChI is InChI=1S/C16H24FN3.HI/c1-4-6-7-12-20(3)16(18-5-2)19-13-14-8-10-15(17)11-9-14;/h4,8-11H,1,5-7,12-13H2,2-3H3,(H,18,19);1H. The molecule has 0 fully saturated rings. The summed E-state index contributed by atoms with van der Waals surface area (Å²) in [6, 6.07) is 6.46. The van der Waals surface area contributed by atoms with Crippen LogP contribution in [0.2, 0.25) is 0 Å². The molecule has 118 valence electrons. The molecule has 0 aliphatic carbocycles. The maximum Gasteiger partial charge on any atom is 0.193 e. The first-order chi connectivity index (χ1) is 9.67. The molecule has 21 heavy (non-hydrogen) atoms. The molecular formula is C16H25FIN3. The number of halogens is 2. The Bertz CT molecular complexity index is 432. The van der Waals surface area contributed by atoms with Crippen molar-refractivity contribution in [1.29, 1.82) is 0 Å². The summed E-state index contributed by atoms with van der Waals surface area (Å²) in [4.78, 5) is 6.68. The zero-order chi connectivity index (χ0) is 14.8. The second-order valence-electron chi connectivity index (χ2n) is 4.65. The molecule has 0 unspecified atom stereocenters. The van der Waals surface area contributed by atoms with Gasteiger partial charge in [-0.05, 0) is 37.5 Å². The van der Waals surface area contributed by atoms with E-state index in [1.807, 2.05) is 20.0 Å². The second-order valence-corrected chi connectivity index (χ2v) is 4.65. The van der Waals surface area contributed by atoms with Crippen LogP contribution in [0.15, 0.2) is 41.9 Å². The second kappa shape index (κ2) is 11.5. The minimum Gasteiger partial charge on any atom is -0.357 e. The monoisotopic (exact) mass is 405 g/mol. The van der Waals surface area contributed by atoms with E-state index in [0.29, 0.717) is 6.54 Å². The third kappa shape index (κ3) is 8.04. The van der Waals surface area contributed by atoms with Gasteiger partial charge < -0.3 is 10.2 Å². The van der Waals surface area contributed by atoms with Gasteiger partial charge in [-0.1, -0.05) is 18.2 Å². The SMILES string of the molecule is C=CCCCN(C)C(=NCc1ccc(F)cc1)NCC.I. The Balaban J connectivity index is 0.00000400. The van der Waals surface area contributed by atoms with E-state index in [1.165, 1.54) is 12.1 Å². The van der Waals surface area contributed by atoms with Gasteiger partial charge in [0.2, 0.25) is 0 Å². The Hall–Kier alpha value is -1.11. The van der Waals surface area contributed by atoms with E-state index in [-0.39, 0.29) is 29.8 Å². The number of nitrogens with zero attached hydrogens (tertiary/aromatic N) is 2. The Labute approximate surface area is 144 Å². The van der Waals surface area contributed by atoms with Crippen molar-refractivity contribution in [2.24, 2.45) is 4.99 Å². The minimum absolute atomic E-state index is 0. The summed E-state index contributed by atoms with van der Waals surface area (Å²) in [6.45, 7) is 8.08. The molecule has 1 rings (SSSR count). The lowest BCUT2D eigenvalue weighted by molar-refractivity contribution is 0.470. The fraction of sp³-hybridized carbons (Fsp3) is 0.438. The van der Waals surface area contributed by atoms with E-state index < -0.39 is 0 Å². The average molecular weight is 405 g/mol. The number of unbranched alkanes of at least 4 members (excludes halogenated alkanes) is 1. The van der Waals surface area contributed by atoms with Crippen LogP contribution in [0.3, 0.4) is 0 Å². The van der Waals surface area contributed by atoms with Gasteiger partial charge in [0.05, 0.1) is 6.54 Å². The molecule has 0 atom stereocenters. The molecule has 0 aliphatic rings. The first-order valence-corrected chi connectivity index (χ1v) is 7.02. The van der Waals surface area contributed by atoms with Crippen LogP contribution in [0.25, 0.3) is 0 Å². The molecule has 5 heteroatoms. The zero-order valence-electron chi connectivity index (χ0n) is 12.8. The van der Waals surface area contributed by atoms with Crippen LogP contribution in [-0.4, -0.2) is 31.0 Å². The number of hydrogen-bond donors (Lipinski definition) is 1. The Morgan fingerprint density at radius 2 is 2.05 bits per heavy atom. The third-order valence-electron chi connectivity index (χ3n) is 2.92. The van der Waals surface area contributed by atoms with Crippen LogP contribution >= 0.6 is 24.0 Å². The number of allylic oxidation sites excluding steroid dienone is 1. The number of nitrogens with one attached hydrogen (secondary N) is 1. The van der Waals surface area contributed by atoms with Crippen LogP contribution in [0.1, 0.15) is 25.3 Å². The number of aliphatic imine (C=N–C) groups is 1. The lowest BCUT2D eigenvalue weighted by atomic mass is 10.2. The van der Waals surface area contributed by atoms with Crippen molar-refractivity contribution in [2.45, 2.75) is 26.3 Å². The van der Waals surface area contributed by atoms with Crippen molar-refractivity contribution in [1.82, 2.24) is 10.2 Å². The lowest BCUT2D eigenvalue weighted by Crippen LogP contribution is -2.39. The highest BCUT2D eigenvalue weighted by molar-refractivity contribution is 14.0. The largest absolute Gasteiger partial charge is 0.357 e. The van der Waals surface area contributed by atoms with Crippen molar-refractivity contribution >= 4 is 29.9 Å². The summed E-state index contributed by atoms with van der Waals surface area (Å²) < 4.78 is 12.8. The maximum atomic E-state index is 12.8. The molecule has 0 saturated heterocycles. The molecule has 0 amide bonds. The molecule has 1 N–H and O–H groups in total. The van der Waals surface area contributed by atoms with Crippen molar-refractivity contribution in [3.8, 4) is 0 Å². The predicted molar refractivity (Wildman–Crippen MR) is 98.7 cm³/mol. The number of hydrogen-bond acceptors (Lipinski definition) is 1. The van der Waals surface area contributed by atoms with E-state index in [4.69, 9.17) is 0 Å². The maximum absolute atomic E-state index is 12.8. The van der Waals surface area contributed by atoms with Gasteiger partial charge in [-0.25, -0.2) is 9.38 Å². The summed E-state index contributed by atoms with van der Waals surface area (Å²) in [5, 5.41) is 3.27. The fourth-order valence-electron chi connectivity index (χ4n) is 1.80. The van der Waals surface area contributed by atoms with Gasteiger partial charge in [-0.2, -0.15) is 0 Å². The van der Waals surface area contributed by atoms with Gasteiger partial charge in [-0.15, -0.1) is 30.6 Å². The Morgan fingerprint density at radius 3 is 2.62 bits per heavy atom. The summed E-state index contributed by atoms with van der Waals surface area (Å²) >= 11 is 0. The lowest BCUT2D eigenvalue weighted by Gasteiger charge is -2.21. The van der Waals surface area contributed by atoms with E-state index in [9.17, 15) is 4.39 Å². The first kappa shape index (κ1) is 19.9. The van der Waals surface area contributed by atoms with Crippen LogP contribution in [0.4, 0.5) is 4.39 Å². The third-order valence-corrected chi connectivity index (χ3v) is 2.92. The number of benzene rings is 1. The van der Waals surface area contributed by atoms with Crippen molar-refractivity contribution in [3.05, 3.63) is 48.3 Å². The quantitative estimate of drug-likeness (QED) is 0.246. The first-order valence-electron chi connectivity index (χ1n) is 7.02. The molecule has 1 aromatic rings. The van der Waals surface area contributed by atoms with Crippen LogP contribution < -0.4 is 5.32 Å². The molecule has 3 nitrogen and oxygen atoms in total. The van der Waals surface area contributed by atoms with Gasteiger partial charge in [0.25, 0.3) is 0 Å². The van der Waals surface area contributed by atoms with Crippen LogP contribution in [0, 0.1) is 5.82 Å². The number of rotatable bonds is 7. The normalized spacial score (nSPS) is 10.7. The van der Waals surface area contributed by atoms with Gasteiger partial charge in [0.1, 0.15) is 5.82 Å². The van der Waals surface area contributed by atoms with Crippen LogP contribution in [-0.2, 0) is 6.54 Å². The molecule has 0 radical (unpaired) electrons. The van der Waals surface area contributed by atoms with Gasteiger partial charge in [0.15, 0.2) is 5.96 Å². The topological polar surface area (TPSA) is 27.6 Å². The molecule has 0 saturated carbocycles. The predicted octanol–water partition coefficient (Wildman–Crippen LogP) is 3.81. The molecule has 0 bridgehead atoms.